The molecule has 1 unspecified atom stereocenters. The number of rotatable bonds is 9. The lowest BCUT2D eigenvalue weighted by atomic mass is 9.89. The average Bonchev–Trinajstić information content (AvgIpc) is 2.29. The molecule has 0 spiro atoms. The summed E-state index contributed by atoms with van der Waals surface area (Å²) in [5.41, 5.74) is 6.07. The van der Waals surface area contributed by atoms with Crippen molar-refractivity contribution in [1.82, 2.24) is 5.32 Å². The van der Waals surface area contributed by atoms with E-state index in [0.29, 0.717) is 0 Å². The topological polar surface area (TPSA) is 38.0 Å². The maximum absolute atomic E-state index is 5.89. The molecule has 0 saturated carbocycles. The van der Waals surface area contributed by atoms with Crippen molar-refractivity contribution in [2.45, 2.75) is 58.4 Å². The number of hydrogen-bond acceptors (Lipinski definition) is 2. The second kappa shape index (κ2) is 8.93. The quantitative estimate of drug-likeness (QED) is 0.455. The summed E-state index contributed by atoms with van der Waals surface area (Å²) in [5.74, 6) is 0. The van der Waals surface area contributed by atoms with Gasteiger partial charge in [-0.25, -0.2) is 0 Å². The van der Waals surface area contributed by atoms with E-state index >= 15 is 0 Å². The summed E-state index contributed by atoms with van der Waals surface area (Å²) in [7, 11) is 0. The highest BCUT2D eigenvalue weighted by Crippen LogP contribution is 2.17. The van der Waals surface area contributed by atoms with Crippen LogP contribution in [0.25, 0.3) is 0 Å². The van der Waals surface area contributed by atoms with Gasteiger partial charge in [-0.05, 0) is 32.7 Å². The molecule has 0 bridgehead atoms. The Balaban J connectivity index is 3.99. The Morgan fingerprint density at radius 3 is 2.53 bits per heavy atom. The molecular formula is C13H28N2. The standard InChI is InChI=1S/C13H28N2/c1-4-7-9-11-15-13(6-3,12-14)10-8-5-2/h4,7,15H,5-6,8-12,14H2,1-3H3/b7-4+. The minimum Gasteiger partial charge on any atom is -0.329 e. The Kier molecular flexibility index (Phi) is 8.73. The second-order valence-corrected chi connectivity index (χ2v) is 4.23. The number of allylic oxidation sites excluding steroid dienone is 1. The molecule has 2 heteroatoms. The summed E-state index contributed by atoms with van der Waals surface area (Å²) in [5, 5.41) is 3.63. The van der Waals surface area contributed by atoms with Crippen LogP contribution in [0.3, 0.4) is 0 Å². The molecule has 0 aromatic rings. The zero-order valence-corrected chi connectivity index (χ0v) is 10.7. The highest BCUT2D eigenvalue weighted by molar-refractivity contribution is 4.89. The lowest BCUT2D eigenvalue weighted by molar-refractivity contribution is 0.293. The van der Waals surface area contributed by atoms with E-state index in [1.165, 1.54) is 19.3 Å². The van der Waals surface area contributed by atoms with Crippen LogP contribution in [0.1, 0.15) is 52.9 Å². The number of hydrogen-bond donors (Lipinski definition) is 2. The molecule has 0 fully saturated rings. The number of nitrogens with one attached hydrogen (secondary N) is 1. The van der Waals surface area contributed by atoms with Crippen molar-refractivity contribution in [1.29, 1.82) is 0 Å². The molecule has 0 aliphatic rings. The molecule has 0 aromatic heterocycles. The Bertz CT molecular complexity index is 160. The van der Waals surface area contributed by atoms with Crippen LogP contribution < -0.4 is 11.1 Å². The van der Waals surface area contributed by atoms with Gasteiger partial charge < -0.3 is 11.1 Å². The van der Waals surface area contributed by atoms with Crippen molar-refractivity contribution in [3.63, 3.8) is 0 Å². The van der Waals surface area contributed by atoms with Gasteiger partial charge in [0, 0.05) is 12.1 Å². The van der Waals surface area contributed by atoms with Crippen molar-refractivity contribution in [3.8, 4) is 0 Å². The lowest BCUT2D eigenvalue weighted by Gasteiger charge is -2.33. The van der Waals surface area contributed by atoms with Crippen LogP contribution in [-0.2, 0) is 0 Å². The molecule has 0 aliphatic carbocycles. The van der Waals surface area contributed by atoms with E-state index in [9.17, 15) is 0 Å². The zero-order chi connectivity index (χ0) is 11.6. The molecule has 0 saturated heterocycles. The second-order valence-electron chi connectivity index (χ2n) is 4.23. The van der Waals surface area contributed by atoms with Gasteiger partial charge >= 0.3 is 0 Å². The molecule has 0 amide bonds. The zero-order valence-electron chi connectivity index (χ0n) is 10.7. The number of nitrogens with two attached hydrogens (primary N) is 1. The minimum absolute atomic E-state index is 0.178. The van der Waals surface area contributed by atoms with Crippen LogP contribution in [0, 0.1) is 0 Å². The Morgan fingerprint density at radius 1 is 1.33 bits per heavy atom. The van der Waals surface area contributed by atoms with Gasteiger partial charge in [-0.2, -0.15) is 0 Å². The normalized spacial score (nSPS) is 15.7. The molecule has 3 N–H and O–H groups in total. The molecule has 15 heavy (non-hydrogen) atoms. The maximum Gasteiger partial charge on any atom is 0.0301 e. The average molecular weight is 212 g/mol. The molecule has 90 valence electrons. The van der Waals surface area contributed by atoms with Crippen LogP contribution in [-0.4, -0.2) is 18.6 Å². The summed E-state index contributed by atoms with van der Waals surface area (Å²) in [4.78, 5) is 0. The summed E-state index contributed by atoms with van der Waals surface area (Å²) < 4.78 is 0. The Morgan fingerprint density at radius 2 is 2.07 bits per heavy atom. The number of unbranched alkanes of at least 4 members (excludes halogenated alkanes) is 1. The molecule has 0 heterocycles. The van der Waals surface area contributed by atoms with Crippen molar-refractivity contribution in [2.75, 3.05) is 13.1 Å². The first-order valence-corrected chi connectivity index (χ1v) is 6.31. The van der Waals surface area contributed by atoms with Gasteiger partial charge in [0.25, 0.3) is 0 Å². The maximum atomic E-state index is 5.89. The monoisotopic (exact) mass is 212 g/mol. The van der Waals surface area contributed by atoms with E-state index < -0.39 is 0 Å². The van der Waals surface area contributed by atoms with E-state index in [-0.39, 0.29) is 5.54 Å². The van der Waals surface area contributed by atoms with Gasteiger partial charge in [0.1, 0.15) is 0 Å². The fourth-order valence-electron chi connectivity index (χ4n) is 1.81. The molecule has 2 nitrogen and oxygen atoms in total. The first-order chi connectivity index (χ1) is 7.24. The van der Waals surface area contributed by atoms with Crippen molar-refractivity contribution >= 4 is 0 Å². The highest BCUT2D eigenvalue weighted by atomic mass is 15.0. The fraction of sp³-hybridized carbons (Fsp3) is 0.846. The largest absolute Gasteiger partial charge is 0.329 e. The third-order valence-electron chi connectivity index (χ3n) is 3.12. The van der Waals surface area contributed by atoms with Crippen LogP contribution in [0.15, 0.2) is 12.2 Å². The van der Waals surface area contributed by atoms with Gasteiger partial charge in [-0.3, -0.25) is 0 Å². The van der Waals surface area contributed by atoms with Crippen molar-refractivity contribution in [3.05, 3.63) is 12.2 Å². The van der Waals surface area contributed by atoms with Crippen LogP contribution >= 0.6 is 0 Å². The van der Waals surface area contributed by atoms with Crippen LogP contribution in [0.2, 0.25) is 0 Å². The van der Waals surface area contributed by atoms with Gasteiger partial charge in [0.2, 0.25) is 0 Å². The Hall–Kier alpha value is -0.340. The van der Waals surface area contributed by atoms with E-state index in [0.717, 1.165) is 25.9 Å². The SMILES string of the molecule is C/C=C/CCNC(CC)(CN)CCCC. The summed E-state index contributed by atoms with van der Waals surface area (Å²) in [6.07, 6.45) is 10.2. The van der Waals surface area contributed by atoms with E-state index in [2.05, 4.69) is 38.2 Å². The third kappa shape index (κ3) is 5.95. The summed E-state index contributed by atoms with van der Waals surface area (Å²) >= 11 is 0. The predicted octanol–water partition coefficient (Wildman–Crippen LogP) is 2.84. The highest BCUT2D eigenvalue weighted by Gasteiger charge is 2.24. The fourth-order valence-corrected chi connectivity index (χ4v) is 1.81. The van der Waals surface area contributed by atoms with E-state index in [1.807, 2.05) is 0 Å². The molecule has 0 radical (unpaired) electrons. The van der Waals surface area contributed by atoms with Crippen molar-refractivity contribution in [2.24, 2.45) is 5.73 Å². The van der Waals surface area contributed by atoms with Gasteiger partial charge in [-0.1, -0.05) is 38.8 Å². The van der Waals surface area contributed by atoms with E-state index in [1.54, 1.807) is 0 Å². The molecular weight excluding hydrogens is 184 g/mol. The first-order valence-electron chi connectivity index (χ1n) is 6.31. The molecule has 0 aromatic carbocycles. The van der Waals surface area contributed by atoms with Gasteiger partial charge in [-0.15, -0.1) is 0 Å². The third-order valence-corrected chi connectivity index (χ3v) is 3.12. The lowest BCUT2D eigenvalue weighted by Crippen LogP contribution is -2.51. The minimum atomic E-state index is 0.178. The summed E-state index contributed by atoms with van der Waals surface area (Å²) in [6, 6.07) is 0. The smallest absolute Gasteiger partial charge is 0.0301 e. The summed E-state index contributed by atoms with van der Waals surface area (Å²) in [6.45, 7) is 8.31. The van der Waals surface area contributed by atoms with Gasteiger partial charge in [0.15, 0.2) is 0 Å². The first kappa shape index (κ1) is 14.7. The molecule has 1 atom stereocenters. The molecule has 0 aliphatic heterocycles. The van der Waals surface area contributed by atoms with Crippen molar-refractivity contribution < 1.29 is 0 Å². The van der Waals surface area contributed by atoms with E-state index in [4.69, 9.17) is 5.73 Å². The predicted molar refractivity (Wildman–Crippen MR) is 69.0 cm³/mol. The van der Waals surface area contributed by atoms with Crippen LogP contribution in [0.4, 0.5) is 0 Å². The molecule has 0 rings (SSSR count). The Labute approximate surface area is 95.3 Å². The van der Waals surface area contributed by atoms with Gasteiger partial charge in [0.05, 0.1) is 0 Å². The van der Waals surface area contributed by atoms with Crippen LogP contribution in [0.5, 0.6) is 0 Å².